The van der Waals surface area contributed by atoms with Gasteiger partial charge in [-0.25, -0.2) is 0 Å². The highest BCUT2D eigenvalue weighted by atomic mass is 79.9. The van der Waals surface area contributed by atoms with E-state index in [1.54, 1.807) is 12.1 Å². The lowest BCUT2D eigenvalue weighted by Gasteiger charge is -2.05. The van der Waals surface area contributed by atoms with E-state index in [9.17, 15) is 14.4 Å². The molecule has 0 spiro atoms. The van der Waals surface area contributed by atoms with Crippen LogP contribution in [0.5, 0.6) is 0 Å². The first kappa shape index (κ1) is 15.9. The van der Waals surface area contributed by atoms with E-state index in [0.717, 1.165) is 3.79 Å². The molecule has 2 rings (SSSR count). The van der Waals surface area contributed by atoms with Gasteiger partial charge in [0.05, 0.1) is 15.2 Å². The Kier molecular flexibility index (Phi) is 5.32. The third kappa shape index (κ3) is 4.51. The molecule has 0 radical (unpaired) electrons. The number of H-pyrrole nitrogens is 1. The van der Waals surface area contributed by atoms with Crippen molar-refractivity contribution in [1.82, 2.24) is 10.3 Å². The highest BCUT2D eigenvalue weighted by Crippen LogP contribution is 2.21. The van der Waals surface area contributed by atoms with Crippen molar-refractivity contribution in [2.75, 3.05) is 11.9 Å². The number of nitrogens with one attached hydrogen (secondary N) is 3. The molecule has 0 atom stereocenters. The van der Waals surface area contributed by atoms with Crippen LogP contribution < -0.4 is 16.2 Å². The SMILES string of the molecule is O=C(CNC(=O)c1ccc(Br)s1)Nc1cc(Br)c[nH]c1=O. The number of aromatic amines is 1. The van der Waals surface area contributed by atoms with Gasteiger partial charge in [0, 0.05) is 10.7 Å². The average molecular weight is 435 g/mol. The molecule has 0 saturated heterocycles. The molecule has 0 aromatic carbocycles. The summed E-state index contributed by atoms with van der Waals surface area (Å²) in [5.74, 6) is -0.827. The molecule has 6 nitrogen and oxygen atoms in total. The minimum absolute atomic E-state index is 0.113. The number of hydrogen-bond acceptors (Lipinski definition) is 4. The fourth-order valence-electron chi connectivity index (χ4n) is 1.43. The van der Waals surface area contributed by atoms with Gasteiger partial charge < -0.3 is 15.6 Å². The van der Waals surface area contributed by atoms with E-state index in [1.807, 2.05) is 0 Å². The predicted molar refractivity (Wildman–Crippen MR) is 87.7 cm³/mol. The van der Waals surface area contributed by atoms with E-state index in [2.05, 4.69) is 47.5 Å². The Balaban J connectivity index is 1.92. The molecule has 2 amide bonds. The Morgan fingerprint density at radius 1 is 1.29 bits per heavy atom. The third-order valence-electron chi connectivity index (χ3n) is 2.35. The molecule has 0 aliphatic heterocycles. The van der Waals surface area contributed by atoms with Crippen molar-refractivity contribution in [2.45, 2.75) is 0 Å². The summed E-state index contributed by atoms with van der Waals surface area (Å²) in [4.78, 5) is 37.9. The Labute approximate surface area is 140 Å². The third-order valence-corrected chi connectivity index (χ3v) is 4.43. The largest absolute Gasteiger partial charge is 0.342 e. The van der Waals surface area contributed by atoms with Gasteiger partial charge in [0.25, 0.3) is 11.5 Å². The summed E-state index contributed by atoms with van der Waals surface area (Å²) in [7, 11) is 0. The summed E-state index contributed by atoms with van der Waals surface area (Å²) in [6, 6.07) is 4.89. The first-order valence-corrected chi connectivity index (χ1v) is 8.07. The normalized spacial score (nSPS) is 10.2. The summed E-state index contributed by atoms with van der Waals surface area (Å²) >= 11 is 7.71. The lowest BCUT2D eigenvalue weighted by Crippen LogP contribution is -2.33. The Morgan fingerprint density at radius 2 is 2.05 bits per heavy atom. The molecule has 0 unspecified atom stereocenters. The number of carbonyl (C=O) groups excluding carboxylic acids is 2. The molecule has 110 valence electrons. The summed E-state index contributed by atoms with van der Waals surface area (Å²) in [5.41, 5.74) is -0.303. The molecule has 2 aromatic rings. The number of thiophene rings is 1. The van der Waals surface area contributed by atoms with Crippen LogP contribution in [0.1, 0.15) is 9.67 Å². The first-order chi connectivity index (χ1) is 9.95. The van der Waals surface area contributed by atoms with Crippen LogP contribution in [0.15, 0.2) is 37.4 Å². The Hall–Kier alpha value is -1.45. The van der Waals surface area contributed by atoms with Crippen LogP contribution >= 0.6 is 43.2 Å². The van der Waals surface area contributed by atoms with E-state index in [0.29, 0.717) is 9.35 Å². The van der Waals surface area contributed by atoms with Gasteiger partial charge in [-0.3, -0.25) is 14.4 Å². The molecule has 0 saturated carbocycles. The highest BCUT2D eigenvalue weighted by Gasteiger charge is 2.11. The van der Waals surface area contributed by atoms with Crippen LogP contribution in [-0.2, 0) is 4.79 Å². The van der Waals surface area contributed by atoms with Crippen LogP contribution in [0.2, 0.25) is 0 Å². The number of anilines is 1. The van der Waals surface area contributed by atoms with Crippen molar-refractivity contribution in [1.29, 1.82) is 0 Å². The van der Waals surface area contributed by atoms with E-state index < -0.39 is 11.5 Å². The van der Waals surface area contributed by atoms with Crippen molar-refractivity contribution in [3.05, 3.63) is 47.9 Å². The lowest BCUT2D eigenvalue weighted by molar-refractivity contribution is -0.115. The molecule has 2 heterocycles. The molecule has 0 aliphatic carbocycles. The molecular weight excluding hydrogens is 426 g/mol. The minimum atomic E-state index is -0.484. The second kappa shape index (κ2) is 7.01. The van der Waals surface area contributed by atoms with E-state index >= 15 is 0 Å². The molecule has 0 aliphatic rings. The van der Waals surface area contributed by atoms with Crippen LogP contribution in [0.4, 0.5) is 5.69 Å². The molecule has 0 fully saturated rings. The Bertz CT molecular complexity index is 741. The number of halogens is 2. The number of amides is 2. The summed E-state index contributed by atoms with van der Waals surface area (Å²) in [6.45, 7) is -0.222. The topological polar surface area (TPSA) is 91.1 Å². The van der Waals surface area contributed by atoms with E-state index in [-0.39, 0.29) is 18.1 Å². The minimum Gasteiger partial charge on any atom is -0.342 e. The quantitative estimate of drug-likeness (QED) is 0.689. The van der Waals surface area contributed by atoms with Crippen LogP contribution in [-0.4, -0.2) is 23.3 Å². The van der Waals surface area contributed by atoms with Crippen molar-refractivity contribution >= 4 is 60.7 Å². The second-order valence-corrected chi connectivity index (χ2v) is 7.27. The zero-order chi connectivity index (χ0) is 15.4. The van der Waals surface area contributed by atoms with Gasteiger partial charge in [-0.2, -0.15) is 0 Å². The van der Waals surface area contributed by atoms with Crippen LogP contribution in [0.25, 0.3) is 0 Å². The number of pyridine rings is 1. The first-order valence-electron chi connectivity index (χ1n) is 5.67. The molecule has 9 heteroatoms. The molecule has 0 bridgehead atoms. The number of carbonyl (C=O) groups is 2. The summed E-state index contributed by atoms with van der Waals surface area (Å²) in [5, 5.41) is 4.91. The highest BCUT2D eigenvalue weighted by molar-refractivity contribution is 9.11. The van der Waals surface area contributed by atoms with Crippen LogP contribution in [0.3, 0.4) is 0 Å². The van der Waals surface area contributed by atoms with Gasteiger partial charge >= 0.3 is 0 Å². The fourth-order valence-corrected chi connectivity index (χ4v) is 3.07. The van der Waals surface area contributed by atoms with Gasteiger partial charge in [0.1, 0.15) is 5.69 Å². The van der Waals surface area contributed by atoms with Crippen molar-refractivity contribution < 1.29 is 9.59 Å². The molecule has 2 aromatic heterocycles. The zero-order valence-corrected chi connectivity index (χ0v) is 14.4. The molecule has 21 heavy (non-hydrogen) atoms. The number of aromatic nitrogens is 1. The maximum atomic E-state index is 11.8. The monoisotopic (exact) mass is 433 g/mol. The molecule has 3 N–H and O–H groups in total. The van der Waals surface area contributed by atoms with Gasteiger partial charge in [-0.15, -0.1) is 11.3 Å². The summed E-state index contributed by atoms with van der Waals surface area (Å²) < 4.78 is 1.46. The maximum absolute atomic E-state index is 11.8. The van der Waals surface area contributed by atoms with Gasteiger partial charge in [0.15, 0.2) is 0 Å². The van der Waals surface area contributed by atoms with E-state index in [4.69, 9.17) is 0 Å². The van der Waals surface area contributed by atoms with Crippen molar-refractivity contribution in [3.63, 3.8) is 0 Å². The van der Waals surface area contributed by atoms with Crippen LogP contribution in [0, 0.1) is 0 Å². The standard InChI is InChI=1S/C12H9Br2N3O3S/c13-6-3-7(11(19)15-4-6)17-10(18)5-16-12(20)8-1-2-9(14)21-8/h1-4H,5H2,(H,15,19)(H,16,20)(H,17,18). The Morgan fingerprint density at radius 3 is 2.71 bits per heavy atom. The second-order valence-electron chi connectivity index (χ2n) is 3.90. The van der Waals surface area contributed by atoms with Gasteiger partial charge in [-0.1, -0.05) is 0 Å². The lowest BCUT2D eigenvalue weighted by atomic mass is 10.4. The van der Waals surface area contributed by atoms with Crippen molar-refractivity contribution in [2.24, 2.45) is 0 Å². The van der Waals surface area contributed by atoms with Gasteiger partial charge in [-0.05, 0) is 50.1 Å². The molecular formula is C12H9Br2N3O3S. The van der Waals surface area contributed by atoms with E-state index in [1.165, 1.54) is 23.6 Å². The number of rotatable bonds is 4. The fraction of sp³-hybridized carbons (Fsp3) is 0.0833. The maximum Gasteiger partial charge on any atom is 0.271 e. The number of hydrogen-bond donors (Lipinski definition) is 3. The van der Waals surface area contributed by atoms with Gasteiger partial charge in [0.2, 0.25) is 5.91 Å². The summed E-state index contributed by atoms with van der Waals surface area (Å²) in [6.07, 6.45) is 1.47. The smallest absolute Gasteiger partial charge is 0.271 e. The zero-order valence-electron chi connectivity index (χ0n) is 10.4. The van der Waals surface area contributed by atoms with Crippen molar-refractivity contribution in [3.8, 4) is 0 Å². The predicted octanol–water partition coefficient (Wildman–Crippen LogP) is 2.33. The average Bonchev–Trinajstić information content (AvgIpc) is 2.87.